The molecule has 0 unspecified atom stereocenters. The molecule has 0 spiro atoms. The maximum atomic E-state index is 13.9. The molecule has 2 heterocycles. The fourth-order valence-corrected chi connectivity index (χ4v) is 1.81. The molecule has 1 aromatic rings. The van der Waals surface area contributed by atoms with Crippen molar-refractivity contribution in [3.63, 3.8) is 0 Å². The van der Waals surface area contributed by atoms with E-state index in [-0.39, 0.29) is 0 Å². The maximum absolute atomic E-state index is 13.9. The fourth-order valence-electron chi connectivity index (χ4n) is 1.81. The van der Waals surface area contributed by atoms with Gasteiger partial charge in [0.2, 0.25) is 5.88 Å². The maximum Gasteiger partial charge on any atom is 0.498 e. The minimum absolute atomic E-state index is 0.317. The second-order valence-corrected chi connectivity index (χ2v) is 5.57. The SMILES string of the molecule is CCOc1cc(B2OC(C)(C)C(C)(C)O2)c(F)cn1. The molecule has 4 nitrogen and oxygen atoms in total. The second-order valence-electron chi connectivity index (χ2n) is 5.57. The largest absolute Gasteiger partial charge is 0.498 e. The van der Waals surface area contributed by atoms with E-state index in [1.165, 1.54) is 6.07 Å². The van der Waals surface area contributed by atoms with E-state index < -0.39 is 24.1 Å². The van der Waals surface area contributed by atoms with Gasteiger partial charge < -0.3 is 14.0 Å². The Morgan fingerprint density at radius 1 is 1.26 bits per heavy atom. The molecule has 0 saturated carbocycles. The average molecular weight is 267 g/mol. The summed E-state index contributed by atoms with van der Waals surface area (Å²) in [5, 5.41) is 0. The van der Waals surface area contributed by atoms with Crippen molar-refractivity contribution in [1.29, 1.82) is 0 Å². The molecule has 1 fully saturated rings. The third kappa shape index (κ3) is 2.60. The third-order valence-corrected chi connectivity index (χ3v) is 3.66. The highest BCUT2D eigenvalue weighted by atomic mass is 19.1. The number of ether oxygens (including phenoxy) is 1. The highest BCUT2D eigenvalue weighted by molar-refractivity contribution is 6.62. The van der Waals surface area contributed by atoms with E-state index in [0.29, 0.717) is 17.9 Å². The quantitative estimate of drug-likeness (QED) is 0.784. The summed E-state index contributed by atoms with van der Waals surface area (Å²) in [5.41, 5.74) is -0.685. The van der Waals surface area contributed by atoms with Gasteiger partial charge in [0, 0.05) is 11.5 Å². The fraction of sp³-hybridized carbons (Fsp3) is 0.615. The van der Waals surface area contributed by atoms with E-state index in [0.717, 1.165) is 6.20 Å². The molecule has 6 heteroatoms. The zero-order valence-electron chi connectivity index (χ0n) is 12.0. The van der Waals surface area contributed by atoms with Crippen molar-refractivity contribution < 1.29 is 18.4 Å². The number of nitrogens with zero attached hydrogens (tertiary/aromatic N) is 1. The highest BCUT2D eigenvalue weighted by Gasteiger charge is 2.52. The summed E-state index contributed by atoms with van der Waals surface area (Å²) in [7, 11) is -0.743. The van der Waals surface area contributed by atoms with Crippen LogP contribution in [0.2, 0.25) is 0 Å². The van der Waals surface area contributed by atoms with Gasteiger partial charge in [0.15, 0.2) is 0 Å². The lowest BCUT2D eigenvalue weighted by atomic mass is 9.79. The second kappa shape index (κ2) is 4.76. The first-order valence-electron chi connectivity index (χ1n) is 6.41. The van der Waals surface area contributed by atoms with Crippen molar-refractivity contribution in [3.05, 3.63) is 18.1 Å². The van der Waals surface area contributed by atoms with Crippen LogP contribution < -0.4 is 10.2 Å². The molecule has 2 rings (SSSR count). The minimum atomic E-state index is -0.743. The van der Waals surface area contributed by atoms with Crippen LogP contribution in [-0.4, -0.2) is 29.9 Å². The van der Waals surface area contributed by atoms with E-state index in [4.69, 9.17) is 14.0 Å². The first-order chi connectivity index (χ1) is 8.77. The zero-order chi connectivity index (χ0) is 14.3. The molecule has 1 aromatic heterocycles. The van der Waals surface area contributed by atoms with Gasteiger partial charge in [-0.25, -0.2) is 9.37 Å². The van der Waals surface area contributed by atoms with Crippen LogP contribution in [0.5, 0.6) is 5.88 Å². The Balaban J connectivity index is 2.31. The Morgan fingerprint density at radius 3 is 2.37 bits per heavy atom. The predicted octanol–water partition coefficient (Wildman–Crippen LogP) is 1.92. The van der Waals surface area contributed by atoms with Crippen LogP contribution in [0.4, 0.5) is 4.39 Å². The summed E-state index contributed by atoms with van der Waals surface area (Å²) < 4.78 is 30.8. The molecule has 19 heavy (non-hydrogen) atoms. The number of rotatable bonds is 3. The first kappa shape index (κ1) is 14.3. The van der Waals surface area contributed by atoms with Crippen molar-refractivity contribution in [2.45, 2.75) is 45.8 Å². The molecule has 0 amide bonds. The Morgan fingerprint density at radius 2 is 1.84 bits per heavy atom. The van der Waals surface area contributed by atoms with Gasteiger partial charge in [-0.15, -0.1) is 0 Å². The topological polar surface area (TPSA) is 40.6 Å². The van der Waals surface area contributed by atoms with Gasteiger partial charge in [0.25, 0.3) is 0 Å². The zero-order valence-corrected chi connectivity index (χ0v) is 12.0. The summed E-state index contributed by atoms with van der Waals surface area (Å²) >= 11 is 0. The normalized spacial score (nSPS) is 20.6. The lowest BCUT2D eigenvalue weighted by Gasteiger charge is -2.32. The summed E-state index contributed by atoms with van der Waals surface area (Å²) in [6.45, 7) is 10.0. The van der Waals surface area contributed by atoms with Crippen LogP contribution in [0.25, 0.3) is 0 Å². The number of pyridine rings is 1. The standard InChI is InChI=1S/C13H19BFNO3/c1-6-17-11-7-9(10(15)8-16-11)14-18-12(2,3)13(4,5)19-14/h7-8H,6H2,1-5H3. The van der Waals surface area contributed by atoms with Crippen molar-refractivity contribution in [2.24, 2.45) is 0 Å². The van der Waals surface area contributed by atoms with E-state index in [9.17, 15) is 4.39 Å². The predicted molar refractivity (Wildman–Crippen MR) is 71.1 cm³/mol. The molecule has 1 saturated heterocycles. The summed E-state index contributed by atoms with van der Waals surface area (Å²) in [6.07, 6.45) is 1.13. The molecule has 104 valence electrons. The van der Waals surface area contributed by atoms with Crippen molar-refractivity contribution in [1.82, 2.24) is 4.98 Å². The monoisotopic (exact) mass is 267 g/mol. The molecule has 0 atom stereocenters. The molecule has 0 radical (unpaired) electrons. The van der Waals surface area contributed by atoms with E-state index in [1.807, 2.05) is 34.6 Å². The van der Waals surface area contributed by atoms with E-state index in [1.54, 1.807) is 0 Å². The van der Waals surface area contributed by atoms with Crippen LogP contribution in [0.3, 0.4) is 0 Å². The van der Waals surface area contributed by atoms with Gasteiger partial charge in [-0.1, -0.05) is 0 Å². The van der Waals surface area contributed by atoms with Gasteiger partial charge in [-0.2, -0.15) is 0 Å². The summed E-state index contributed by atoms with van der Waals surface area (Å²) in [6, 6.07) is 1.53. The number of hydrogen-bond donors (Lipinski definition) is 0. The van der Waals surface area contributed by atoms with Crippen LogP contribution in [0.15, 0.2) is 12.3 Å². The molecule has 0 aliphatic carbocycles. The van der Waals surface area contributed by atoms with Gasteiger partial charge in [0.05, 0.1) is 24.0 Å². The Labute approximate surface area is 113 Å². The van der Waals surface area contributed by atoms with Crippen molar-refractivity contribution >= 4 is 12.6 Å². The molecule has 0 bridgehead atoms. The van der Waals surface area contributed by atoms with Crippen LogP contribution >= 0.6 is 0 Å². The molecular formula is C13H19BFNO3. The molecule has 0 aromatic carbocycles. The van der Waals surface area contributed by atoms with Gasteiger partial charge >= 0.3 is 7.12 Å². The Bertz CT molecular complexity index is 463. The average Bonchev–Trinajstić information content (AvgIpc) is 2.51. The number of hydrogen-bond acceptors (Lipinski definition) is 4. The molecule has 0 N–H and O–H groups in total. The first-order valence-corrected chi connectivity index (χ1v) is 6.41. The summed E-state index contributed by atoms with van der Waals surface area (Å²) in [4.78, 5) is 3.86. The van der Waals surface area contributed by atoms with Crippen molar-refractivity contribution in [2.75, 3.05) is 6.61 Å². The van der Waals surface area contributed by atoms with Gasteiger partial charge in [-0.3, -0.25) is 0 Å². The Kier molecular flexibility index (Phi) is 3.58. The smallest absolute Gasteiger partial charge is 0.478 e. The lowest BCUT2D eigenvalue weighted by molar-refractivity contribution is 0.00578. The lowest BCUT2D eigenvalue weighted by Crippen LogP contribution is -2.41. The van der Waals surface area contributed by atoms with Gasteiger partial charge in [0.1, 0.15) is 5.82 Å². The highest BCUT2D eigenvalue weighted by Crippen LogP contribution is 2.36. The molecule has 1 aliphatic rings. The van der Waals surface area contributed by atoms with Crippen LogP contribution in [0, 0.1) is 5.82 Å². The van der Waals surface area contributed by atoms with Crippen LogP contribution in [0.1, 0.15) is 34.6 Å². The minimum Gasteiger partial charge on any atom is -0.478 e. The summed E-state index contributed by atoms with van der Waals surface area (Å²) in [5.74, 6) is -0.0874. The van der Waals surface area contributed by atoms with Crippen LogP contribution in [-0.2, 0) is 9.31 Å². The Hall–Kier alpha value is -1.14. The molecule has 1 aliphatic heterocycles. The number of aromatic nitrogens is 1. The molecular weight excluding hydrogens is 248 g/mol. The van der Waals surface area contributed by atoms with Crippen molar-refractivity contribution in [3.8, 4) is 5.88 Å². The number of halogens is 1. The van der Waals surface area contributed by atoms with E-state index >= 15 is 0 Å². The van der Waals surface area contributed by atoms with E-state index in [2.05, 4.69) is 4.98 Å². The third-order valence-electron chi connectivity index (χ3n) is 3.66. The van der Waals surface area contributed by atoms with Gasteiger partial charge in [-0.05, 0) is 34.6 Å².